The molecule has 0 radical (unpaired) electrons. The molecule has 3 aromatic rings. The predicted molar refractivity (Wildman–Crippen MR) is 150 cm³/mol. The van der Waals surface area contributed by atoms with E-state index in [4.69, 9.17) is 4.74 Å². The van der Waals surface area contributed by atoms with E-state index in [1.807, 2.05) is 63.2 Å². The van der Waals surface area contributed by atoms with Crippen molar-refractivity contribution >= 4 is 34.3 Å². The van der Waals surface area contributed by atoms with Crippen molar-refractivity contribution < 1.29 is 19.1 Å². The first kappa shape index (κ1) is 27.7. The third-order valence-corrected chi connectivity index (χ3v) is 7.60. The van der Waals surface area contributed by atoms with Gasteiger partial charge >= 0.3 is 0 Å². The molecule has 0 saturated heterocycles. The first-order chi connectivity index (χ1) is 18.5. The molecule has 9 nitrogen and oxygen atoms in total. The van der Waals surface area contributed by atoms with Crippen LogP contribution in [0.2, 0.25) is 0 Å². The van der Waals surface area contributed by atoms with E-state index in [1.165, 1.54) is 4.90 Å². The number of nitrogens with zero attached hydrogens (tertiary/aromatic N) is 3. The molecule has 204 valence electrons. The molecule has 2 aromatic carbocycles. The maximum atomic E-state index is 13.7. The van der Waals surface area contributed by atoms with E-state index in [0.717, 1.165) is 22.2 Å². The first-order valence-corrected chi connectivity index (χ1v) is 13.0. The summed E-state index contributed by atoms with van der Waals surface area (Å²) in [6.45, 7) is 5.75. The lowest BCUT2D eigenvalue weighted by atomic mass is 9.78. The Morgan fingerprint density at radius 2 is 1.92 bits per heavy atom. The summed E-state index contributed by atoms with van der Waals surface area (Å²) in [5, 5.41) is 13.7. The monoisotopic (exact) mass is 529 g/mol. The Bertz CT molecular complexity index is 1460. The van der Waals surface area contributed by atoms with Crippen LogP contribution < -0.4 is 15.0 Å². The fourth-order valence-electron chi connectivity index (χ4n) is 5.44. The minimum absolute atomic E-state index is 0.102. The van der Waals surface area contributed by atoms with Crippen molar-refractivity contribution in [2.75, 3.05) is 26.1 Å². The third-order valence-electron chi connectivity index (χ3n) is 7.60. The van der Waals surface area contributed by atoms with Crippen molar-refractivity contribution in [3.63, 3.8) is 0 Å². The van der Waals surface area contributed by atoms with Crippen LogP contribution in [0.1, 0.15) is 49.7 Å². The molecule has 1 aromatic heterocycles. The molecule has 1 unspecified atom stereocenters. The van der Waals surface area contributed by atoms with Gasteiger partial charge in [0.1, 0.15) is 23.5 Å². The van der Waals surface area contributed by atoms with E-state index in [2.05, 4.69) is 16.4 Å². The van der Waals surface area contributed by atoms with Crippen molar-refractivity contribution in [3.8, 4) is 11.8 Å². The van der Waals surface area contributed by atoms with Crippen LogP contribution in [0.3, 0.4) is 0 Å². The number of anilines is 1. The van der Waals surface area contributed by atoms with Crippen LogP contribution in [-0.4, -0.2) is 60.9 Å². The number of methoxy groups -OCH3 is 1. The highest BCUT2D eigenvalue weighted by atomic mass is 16.5. The molecule has 0 fully saturated rings. The van der Waals surface area contributed by atoms with Crippen LogP contribution >= 0.6 is 0 Å². The molecule has 9 heteroatoms. The minimum atomic E-state index is -0.958. The Balaban J connectivity index is 1.56. The molecule has 3 atom stereocenters. The maximum Gasteiger partial charge on any atom is 0.268 e. The quantitative estimate of drug-likeness (QED) is 0.434. The van der Waals surface area contributed by atoms with Crippen LogP contribution in [0.15, 0.2) is 48.5 Å². The Morgan fingerprint density at radius 1 is 1.21 bits per heavy atom. The fraction of sp³-hybridized carbons (Fsp3) is 0.400. The number of hydrogen-bond donors (Lipinski definition) is 2. The predicted octanol–water partition coefficient (Wildman–Crippen LogP) is 4.00. The number of fused-ring (bicyclic) bond motifs is 2. The summed E-state index contributed by atoms with van der Waals surface area (Å²) in [5.41, 5.74) is 1.72. The van der Waals surface area contributed by atoms with Crippen molar-refractivity contribution in [1.29, 1.82) is 5.26 Å². The topological polar surface area (TPSA) is 119 Å². The highest BCUT2D eigenvalue weighted by molar-refractivity contribution is 6.07. The van der Waals surface area contributed by atoms with Gasteiger partial charge in [0.15, 0.2) is 0 Å². The van der Waals surface area contributed by atoms with Gasteiger partial charge in [-0.2, -0.15) is 5.26 Å². The Morgan fingerprint density at radius 3 is 2.59 bits per heavy atom. The van der Waals surface area contributed by atoms with Crippen molar-refractivity contribution in [2.45, 2.75) is 51.1 Å². The number of benzene rings is 2. The zero-order valence-corrected chi connectivity index (χ0v) is 23.2. The van der Waals surface area contributed by atoms with Gasteiger partial charge in [-0.3, -0.25) is 14.4 Å². The van der Waals surface area contributed by atoms with E-state index in [1.54, 1.807) is 32.2 Å². The zero-order valence-electron chi connectivity index (χ0n) is 23.2. The third kappa shape index (κ3) is 5.07. The van der Waals surface area contributed by atoms with Crippen LogP contribution in [0.4, 0.5) is 5.69 Å². The lowest BCUT2D eigenvalue weighted by Gasteiger charge is -2.33. The normalized spacial score (nSPS) is 18.0. The molecule has 39 heavy (non-hydrogen) atoms. The van der Waals surface area contributed by atoms with Crippen molar-refractivity contribution in [3.05, 3.63) is 59.8 Å². The van der Waals surface area contributed by atoms with Gasteiger partial charge in [-0.05, 0) is 55.5 Å². The molecule has 1 aliphatic heterocycles. The summed E-state index contributed by atoms with van der Waals surface area (Å²) < 4.78 is 5.39. The van der Waals surface area contributed by atoms with E-state index in [9.17, 15) is 19.6 Å². The highest BCUT2D eigenvalue weighted by Gasteiger charge is 2.48. The van der Waals surface area contributed by atoms with Gasteiger partial charge in [-0.25, -0.2) is 0 Å². The second kappa shape index (κ2) is 10.8. The molecule has 3 amide bonds. The zero-order chi connectivity index (χ0) is 28.5. The first-order valence-electron chi connectivity index (χ1n) is 13.0. The number of para-hydroxylation sites is 1. The Kier molecular flexibility index (Phi) is 7.68. The second-order valence-electron chi connectivity index (χ2n) is 10.8. The fourth-order valence-corrected chi connectivity index (χ4v) is 5.44. The van der Waals surface area contributed by atoms with E-state index >= 15 is 0 Å². The molecule has 4 rings (SSSR count). The molecule has 2 N–H and O–H groups in total. The molecular weight excluding hydrogens is 494 g/mol. The summed E-state index contributed by atoms with van der Waals surface area (Å²) in [5.74, 6) is -0.191. The van der Waals surface area contributed by atoms with Crippen molar-refractivity contribution in [1.82, 2.24) is 15.2 Å². The number of rotatable bonds is 9. The number of nitriles is 1. The second-order valence-corrected chi connectivity index (χ2v) is 10.8. The van der Waals surface area contributed by atoms with Gasteiger partial charge in [-0.15, -0.1) is 0 Å². The number of hydrogen-bond acceptors (Lipinski definition) is 5. The molecule has 2 heterocycles. The number of likely N-dealkylation sites (N-methyl/N-ethyl adjacent to an activating group) is 2. The van der Waals surface area contributed by atoms with Crippen LogP contribution in [0.5, 0.6) is 5.75 Å². The van der Waals surface area contributed by atoms with Gasteiger partial charge in [0.05, 0.1) is 18.6 Å². The molecule has 0 aliphatic carbocycles. The molecular formula is C30H35N5O4. The molecule has 0 spiro atoms. The lowest BCUT2D eigenvalue weighted by molar-refractivity contribution is -0.134. The molecule has 0 saturated carbocycles. The van der Waals surface area contributed by atoms with Crippen LogP contribution in [-0.2, 0) is 15.0 Å². The number of aromatic nitrogens is 1. The number of aromatic amines is 1. The number of amides is 3. The summed E-state index contributed by atoms with van der Waals surface area (Å²) in [6.07, 6.45) is 0.522. The van der Waals surface area contributed by atoms with Crippen LogP contribution in [0, 0.1) is 17.2 Å². The summed E-state index contributed by atoms with van der Waals surface area (Å²) >= 11 is 0. The summed E-state index contributed by atoms with van der Waals surface area (Å²) in [6, 6.07) is 15.2. The minimum Gasteiger partial charge on any atom is -0.496 e. The average molecular weight is 530 g/mol. The molecule has 1 aliphatic rings. The number of nitrogens with one attached hydrogen (secondary N) is 2. The Labute approximate surface area is 228 Å². The summed E-state index contributed by atoms with van der Waals surface area (Å²) in [4.78, 5) is 46.3. The Hall–Kier alpha value is -4.32. The standard InChI is InChI=1S/C30H35N5O4/c1-18(2)14-24(33-27(36)23-15-20-22(32-23)11-9-13-26(20)39-6)28(37)34(4)19(17-31)16-30(3)21-10-7-8-12-25(21)35(5)29(30)38/h7-13,15,18-19,24,32H,14,16H2,1-6H3,(H,33,36)/t19-,24?,30+/m0/s1. The molecule has 0 bridgehead atoms. The van der Waals surface area contributed by atoms with E-state index < -0.39 is 23.4 Å². The van der Waals surface area contributed by atoms with Gasteiger partial charge in [0.25, 0.3) is 5.91 Å². The largest absolute Gasteiger partial charge is 0.496 e. The van der Waals surface area contributed by atoms with E-state index in [0.29, 0.717) is 17.9 Å². The SMILES string of the molecule is COc1cccc2[nH]c(C(=O)NC(CC(C)C)C(=O)N(C)[C@H](C#N)C[C@@]3(C)C(=O)N(C)c4ccccc43)cc12. The number of carbonyl (C=O) groups excluding carboxylic acids is 3. The van der Waals surface area contributed by atoms with Crippen molar-refractivity contribution in [2.24, 2.45) is 5.92 Å². The number of ether oxygens (including phenoxy) is 1. The number of carbonyl (C=O) groups is 3. The van der Waals surface area contributed by atoms with Gasteiger partial charge in [0, 0.05) is 30.7 Å². The smallest absolute Gasteiger partial charge is 0.268 e. The van der Waals surface area contributed by atoms with E-state index in [-0.39, 0.29) is 24.2 Å². The summed E-state index contributed by atoms with van der Waals surface area (Å²) in [7, 11) is 4.84. The average Bonchev–Trinajstić information content (AvgIpc) is 3.45. The van der Waals surface area contributed by atoms with Gasteiger partial charge < -0.3 is 24.8 Å². The van der Waals surface area contributed by atoms with Crippen LogP contribution in [0.25, 0.3) is 10.9 Å². The lowest BCUT2D eigenvalue weighted by Crippen LogP contribution is -2.52. The number of H-pyrrole nitrogens is 1. The maximum absolute atomic E-state index is 13.7. The van der Waals surface area contributed by atoms with Gasteiger partial charge in [0.2, 0.25) is 11.8 Å². The van der Waals surface area contributed by atoms with Gasteiger partial charge in [-0.1, -0.05) is 38.1 Å². The highest BCUT2D eigenvalue weighted by Crippen LogP contribution is 2.44.